The lowest BCUT2D eigenvalue weighted by Crippen LogP contribution is -2.31. The fourth-order valence-electron chi connectivity index (χ4n) is 3.34. The first kappa shape index (κ1) is 21.0. The normalized spacial score (nSPS) is 27.6. The van der Waals surface area contributed by atoms with Crippen molar-refractivity contribution in [3.63, 3.8) is 0 Å². The van der Waals surface area contributed by atoms with E-state index >= 15 is 0 Å². The second-order valence-corrected chi connectivity index (χ2v) is 7.16. The summed E-state index contributed by atoms with van der Waals surface area (Å²) in [6, 6.07) is 0. The number of allylic oxidation sites excluding steroid dienone is 2. The van der Waals surface area contributed by atoms with Gasteiger partial charge in [-0.2, -0.15) is 0 Å². The molecule has 0 aromatic carbocycles. The van der Waals surface area contributed by atoms with Gasteiger partial charge in [0.05, 0.1) is 0 Å². The molecule has 0 amide bonds. The van der Waals surface area contributed by atoms with Gasteiger partial charge in [-0.15, -0.1) is 0 Å². The van der Waals surface area contributed by atoms with Gasteiger partial charge in [0.1, 0.15) is 18.0 Å². The highest BCUT2D eigenvalue weighted by Gasteiger charge is 2.33. The fourth-order valence-corrected chi connectivity index (χ4v) is 3.34. The van der Waals surface area contributed by atoms with Crippen LogP contribution in [0, 0.1) is 5.92 Å². The molecule has 27 heavy (non-hydrogen) atoms. The van der Waals surface area contributed by atoms with Gasteiger partial charge in [0.15, 0.2) is 11.6 Å². The average Bonchev–Trinajstić information content (AvgIpc) is 2.89. The minimum atomic E-state index is -0.891. The van der Waals surface area contributed by atoms with Crippen LogP contribution in [0.2, 0.25) is 0 Å². The molecule has 0 saturated carbocycles. The molecule has 6 heteroatoms. The first-order valence-electron chi connectivity index (χ1n) is 9.15. The molecule has 146 valence electrons. The van der Waals surface area contributed by atoms with Crippen LogP contribution >= 0.6 is 0 Å². The van der Waals surface area contributed by atoms with E-state index in [9.17, 15) is 19.2 Å². The third-order valence-corrected chi connectivity index (χ3v) is 4.71. The molecular formula is C21H26O6. The van der Waals surface area contributed by atoms with Gasteiger partial charge in [0, 0.05) is 43.8 Å². The van der Waals surface area contributed by atoms with Gasteiger partial charge < -0.3 is 9.47 Å². The van der Waals surface area contributed by atoms with Crippen molar-refractivity contribution >= 4 is 23.3 Å². The van der Waals surface area contributed by atoms with Crippen LogP contribution in [0.3, 0.4) is 0 Å². The average molecular weight is 374 g/mol. The lowest BCUT2D eigenvalue weighted by Gasteiger charge is -2.20. The van der Waals surface area contributed by atoms with Crippen molar-refractivity contribution in [2.24, 2.45) is 5.92 Å². The molecular weight excluding hydrogens is 348 g/mol. The molecule has 0 fully saturated rings. The Kier molecular flexibility index (Phi) is 7.02. The second-order valence-electron chi connectivity index (χ2n) is 7.16. The summed E-state index contributed by atoms with van der Waals surface area (Å²) in [5, 5.41) is 0. The van der Waals surface area contributed by atoms with E-state index < -0.39 is 24.1 Å². The molecule has 6 nitrogen and oxygen atoms in total. The zero-order valence-electron chi connectivity index (χ0n) is 16.1. The van der Waals surface area contributed by atoms with Crippen molar-refractivity contribution < 1.29 is 28.7 Å². The number of ether oxygens (including phenoxy) is 2. The monoisotopic (exact) mass is 374 g/mol. The molecule has 0 N–H and O–H groups in total. The van der Waals surface area contributed by atoms with Gasteiger partial charge >= 0.3 is 5.97 Å². The van der Waals surface area contributed by atoms with Gasteiger partial charge in [0.2, 0.25) is 0 Å². The standard InChI is InChI=1S/C21H26O6/c1-5-26-20-10-15(22)6-13(4)7-16-8-14(21(25)27-16)9-18(23)17(12(2)3)11-19(20)24/h6,8,16-17,20H,2,5,7,9-11H2,1,3-4H3. The van der Waals surface area contributed by atoms with E-state index in [1.807, 2.05) is 0 Å². The molecule has 0 aromatic rings. The molecule has 0 spiro atoms. The summed E-state index contributed by atoms with van der Waals surface area (Å²) in [6.07, 6.45) is 1.82. The molecule has 2 bridgehead atoms. The van der Waals surface area contributed by atoms with E-state index in [2.05, 4.69) is 6.58 Å². The number of hydrogen-bond donors (Lipinski definition) is 0. The number of carbonyl (C=O) groups excluding carboxylic acids is 4. The van der Waals surface area contributed by atoms with Crippen LogP contribution in [0.1, 0.15) is 46.5 Å². The Bertz CT molecular complexity index is 727. The summed E-state index contributed by atoms with van der Waals surface area (Å²) >= 11 is 0. The van der Waals surface area contributed by atoms with Crippen LogP contribution in [-0.4, -0.2) is 42.1 Å². The lowest BCUT2D eigenvalue weighted by atomic mass is 9.86. The molecule has 3 unspecified atom stereocenters. The molecule has 0 saturated heterocycles. The highest BCUT2D eigenvalue weighted by molar-refractivity contribution is 6.01. The van der Waals surface area contributed by atoms with E-state index in [0.717, 1.165) is 5.57 Å². The summed E-state index contributed by atoms with van der Waals surface area (Å²) < 4.78 is 10.7. The molecule has 0 aromatic heterocycles. The number of fused-ring (bicyclic) bond motifs is 1. The third kappa shape index (κ3) is 5.57. The minimum Gasteiger partial charge on any atom is -0.454 e. The zero-order chi connectivity index (χ0) is 20.1. The van der Waals surface area contributed by atoms with Crippen LogP contribution < -0.4 is 0 Å². The Morgan fingerprint density at radius 1 is 1.19 bits per heavy atom. The Morgan fingerprint density at radius 3 is 2.52 bits per heavy atom. The van der Waals surface area contributed by atoms with Gasteiger partial charge in [-0.3, -0.25) is 14.4 Å². The number of hydrogen-bond acceptors (Lipinski definition) is 6. The summed E-state index contributed by atoms with van der Waals surface area (Å²) in [5.74, 6) is -2.05. The molecule has 3 atom stereocenters. The molecule has 2 aliphatic rings. The SMILES string of the molecule is C=C(C)C1CC(=O)C(OCC)CC(=O)C=C(C)CC2C=C(CC1=O)C(=O)O2. The first-order valence-corrected chi connectivity index (χ1v) is 9.15. The van der Waals surface area contributed by atoms with Crippen LogP contribution in [-0.2, 0) is 28.7 Å². The summed E-state index contributed by atoms with van der Waals surface area (Å²) in [4.78, 5) is 49.8. The second kappa shape index (κ2) is 9.04. The van der Waals surface area contributed by atoms with Gasteiger partial charge in [-0.1, -0.05) is 17.7 Å². The smallest absolute Gasteiger partial charge is 0.334 e. The van der Waals surface area contributed by atoms with Crippen molar-refractivity contribution in [2.75, 3.05) is 6.61 Å². The van der Waals surface area contributed by atoms with Crippen molar-refractivity contribution in [3.8, 4) is 0 Å². The quantitative estimate of drug-likeness (QED) is 0.558. The Hall–Kier alpha value is -2.34. The number of ketones is 3. The zero-order valence-corrected chi connectivity index (χ0v) is 16.1. The van der Waals surface area contributed by atoms with Crippen LogP contribution in [0.25, 0.3) is 0 Å². The van der Waals surface area contributed by atoms with Gasteiger partial charge in [0.25, 0.3) is 0 Å². The molecule has 1 heterocycles. The largest absolute Gasteiger partial charge is 0.454 e. The lowest BCUT2D eigenvalue weighted by molar-refractivity contribution is -0.140. The Balaban J connectivity index is 2.36. The van der Waals surface area contributed by atoms with Crippen LogP contribution in [0.5, 0.6) is 0 Å². The van der Waals surface area contributed by atoms with Crippen molar-refractivity contribution in [1.82, 2.24) is 0 Å². The van der Waals surface area contributed by atoms with E-state index in [1.54, 1.807) is 26.8 Å². The van der Waals surface area contributed by atoms with E-state index in [0.29, 0.717) is 17.6 Å². The van der Waals surface area contributed by atoms with Crippen molar-refractivity contribution in [1.29, 1.82) is 0 Å². The number of rotatable bonds is 3. The summed E-state index contributed by atoms with van der Waals surface area (Å²) in [5.41, 5.74) is 1.57. The predicted octanol–water partition coefficient (Wildman–Crippen LogP) is 2.66. The van der Waals surface area contributed by atoms with Crippen LogP contribution in [0.15, 0.2) is 35.5 Å². The maximum atomic E-state index is 12.7. The number of Topliss-reactive ketones (excluding diaryl/α,β-unsaturated/α-hetero) is 2. The van der Waals surface area contributed by atoms with Gasteiger partial charge in [-0.25, -0.2) is 4.79 Å². The van der Waals surface area contributed by atoms with Crippen LogP contribution in [0.4, 0.5) is 0 Å². The van der Waals surface area contributed by atoms with Gasteiger partial charge in [-0.05, 0) is 32.9 Å². The summed E-state index contributed by atoms with van der Waals surface area (Å²) in [6.45, 7) is 9.30. The van der Waals surface area contributed by atoms with E-state index in [-0.39, 0.29) is 43.2 Å². The topological polar surface area (TPSA) is 86.7 Å². The number of esters is 1. The molecule has 1 aliphatic heterocycles. The molecule has 1 aliphatic carbocycles. The van der Waals surface area contributed by atoms with Crippen molar-refractivity contribution in [2.45, 2.75) is 58.7 Å². The maximum absolute atomic E-state index is 12.7. The molecule has 0 radical (unpaired) electrons. The first-order chi connectivity index (χ1) is 12.7. The maximum Gasteiger partial charge on any atom is 0.334 e. The Labute approximate surface area is 159 Å². The van der Waals surface area contributed by atoms with Crippen molar-refractivity contribution in [3.05, 3.63) is 35.5 Å². The predicted molar refractivity (Wildman–Crippen MR) is 98.9 cm³/mol. The highest BCUT2D eigenvalue weighted by atomic mass is 16.5. The molecule has 2 rings (SSSR count). The minimum absolute atomic E-state index is 0.0767. The number of carbonyl (C=O) groups is 4. The third-order valence-electron chi connectivity index (χ3n) is 4.71. The highest BCUT2D eigenvalue weighted by Crippen LogP contribution is 2.27. The summed E-state index contributed by atoms with van der Waals surface area (Å²) in [7, 11) is 0. The van der Waals surface area contributed by atoms with E-state index in [4.69, 9.17) is 9.47 Å². The Morgan fingerprint density at radius 2 is 1.89 bits per heavy atom. The fraction of sp³-hybridized carbons (Fsp3) is 0.524. The van der Waals surface area contributed by atoms with E-state index in [1.165, 1.54) is 6.08 Å².